The van der Waals surface area contributed by atoms with Crippen LogP contribution in [0.5, 0.6) is 5.75 Å². The Morgan fingerprint density at radius 3 is 2.55 bits per heavy atom. The molecule has 172 valence electrons. The van der Waals surface area contributed by atoms with Crippen molar-refractivity contribution in [1.82, 2.24) is 14.5 Å². The second kappa shape index (κ2) is 9.16. The summed E-state index contributed by atoms with van der Waals surface area (Å²) in [6, 6.07) is 14.0. The Hall–Kier alpha value is -3.51. The van der Waals surface area contributed by atoms with Gasteiger partial charge in [0.1, 0.15) is 23.0 Å². The van der Waals surface area contributed by atoms with Crippen molar-refractivity contribution in [2.24, 2.45) is 7.05 Å². The number of alkyl halides is 2. The summed E-state index contributed by atoms with van der Waals surface area (Å²) in [6.45, 7) is 3.46. The minimum absolute atomic E-state index is 0.0884. The summed E-state index contributed by atoms with van der Waals surface area (Å²) in [6.07, 6.45) is 0. The Bertz CT molecular complexity index is 1250. The van der Waals surface area contributed by atoms with Crippen LogP contribution in [0.25, 0.3) is 11.0 Å². The van der Waals surface area contributed by atoms with Gasteiger partial charge in [-0.2, -0.15) is 14.0 Å². The summed E-state index contributed by atoms with van der Waals surface area (Å²) in [5, 5.41) is 9.30. The van der Waals surface area contributed by atoms with Gasteiger partial charge in [0, 0.05) is 44.8 Å². The highest BCUT2D eigenvalue weighted by atomic mass is 19.3. The van der Waals surface area contributed by atoms with Gasteiger partial charge in [0.2, 0.25) is 0 Å². The minimum atomic E-state index is -2.84. The van der Waals surface area contributed by atoms with Crippen molar-refractivity contribution < 1.29 is 13.5 Å². The number of hydrogen-bond acceptors (Lipinski definition) is 6. The molecule has 3 aromatic rings. The number of halogens is 2. The second-order valence-corrected chi connectivity index (χ2v) is 8.41. The van der Waals surface area contributed by atoms with Crippen LogP contribution in [0.15, 0.2) is 47.3 Å². The Kier molecular flexibility index (Phi) is 6.29. The first kappa shape index (κ1) is 22.7. The predicted octanol–water partition coefficient (Wildman–Crippen LogP) is 3.51. The quantitative estimate of drug-likeness (QED) is 0.589. The number of benzene rings is 1. The van der Waals surface area contributed by atoms with E-state index >= 15 is 0 Å². The Balaban J connectivity index is 1.57. The molecule has 1 aromatic carbocycles. The number of nitriles is 1. The zero-order valence-electron chi connectivity index (χ0n) is 18.7. The first-order chi connectivity index (χ1) is 15.8. The van der Waals surface area contributed by atoms with Crippen molar-refractivity contribution >= 4 is 16.7 Å². The van der Waals surface area contributed by atoms with Crippen LogP contribution in [0, 0.1) is 11.3 Å². The fourth-order valence-corrected chi connectivity index (χ4v) is 4.36. The van der Waals surface area contributed by atoms with E-state index in [1.54, 1.807) is 54.1 Å². The topological polar surface area (TPSA) is 74.4 Å². The number of nitrogens with zero attached hydrogens (tertiary/aromatic N) is 5. The van der Waals surface area contributed by atoms with Gasteiger partial charge in [-0.15, -0.1) is 0 Å². The first-order valence-electron chi connectivity index (χ1n) is 10.7. The maximum Gasteiger partial charge on any atom is 0.387 e. The molecule has 33 heavy (non-hydrogen) atoms. The number of fused-ring (bicyclic) bond motifs is 1. The van der Waals surface area contributed by atoms with Gasteiger partial charge < -0.3 is 14.2 Å². The van der Waals surface area contributed by atoms with E-state index in [0.29, 0.717) is 29.8 Å². The third-order valence-electron chi connectivity index (χ3n) is 6.14. The van der Waals surface area contributed by atoms with E-state index in [-0.39, 0.29) is 23.4 Å². The molecule has 4 rings (SSSR count). The highest BCUT2D eigenvalue weighted by Crippen LogP contribution is 2.29. The van der Waals surface area contributed by atoms with E-state index in [0.717, 1.165) is 17.8 Å². The number of aryl methyl sites for hydroxylation is 1. The second-order valence-electron chi connectivity index (χ2n) is 8.41. The molecule has 2 atom stereocenters. The molecule has 1 fully saturated rings. The summed E-state index contributed by atoms with van der Waals surface area (Å²) in [5.74, 6) is 0.141. The van der Waals surface area contributed by atoms with E-state index in [9.17, 15) is 18.8 Å². The molecule has 0 amide bonds. The smallest absolute Gasteiger partial charge is 0.387 e. The molecule has 9 heteroatoms. The number of aromatic nitrogens is 2. The van der Waals surface area contributed by atoms with E-state index in [4.69, 9.17) is 0 Å². The number of ether oxygens (including phenoxy) is 1. The molecule has 2 aromatic heterocycles. The molecule has 0 radical (unpaired) electrons. The molecule has 0 aliphatic carbocycles. The third-order valence-corrected chi connectivity index (χ3v) is 6.14. The zero-order valence-corrected chi connectivity index (χ0v) is 18.7. The van der Waals surface area contributed by atoms with Crippen molar-refractivity contribution in [3.63, 3.8) is 0 Å². The molecule has 1 aliphatic rings. The predicted molar refractivity (Wildman–Crippen MR) is 121 cm³/mol. The van der Waals surface area contributed by atoms with Gasteiger partial charge in [-0.3, -0.25) is 9.69 Å². The fraction of sp³-hybridized carbons (Fsp3) is 0.375. The molecule has 0 unspecified atom stereocenters. The summed E-state index contributed by atoms with van der Waals surface area (Å²) in [7, 11) is 1.70. The molecule has 1 saturated heterocycles. The van der Waals surface area contributed by atoms with Crippen LogP contribution in [-0.4, -0.2) is 46.2 Å². The zero-order chi connectivity index (χ0) is 23.7. The van der Waals surface area contributed by atoms with Crippen molar-refractivity contribution in [1.29, 1.82) is 5.26 Å². The lowest BCUT2D eigenvalue weighted by molar-refractivity contribution is -0.0498. The van der Waals surface area contributed by atoms with Gasteiger partial charge in [-0.1, -0.05) is 12.1 Å². The number of hydrogen-bond donors (Lipinski definition) is 0. The summed E-state index contributed by atoms with van der Waals surface area (Å²) in [5.41, 5.74) is 3.24. The molecule has 0 saturated carbocycles. The Morgan fingerprint density at radius 1 is 1.15 bits per heavy atom. The fourth-order valence-electron chi connectivity index (χ4n) is 4.36. The van der Waals surface area contributed by atoms with Gasteiger partial charge in [-0.25, -0.2) is 4.98 Å². The summed E-state index contributed by atoms with van der Waals surface area (Å²) < 4.78 is 30.7. The largest absolute Gasteiger partial charge is 0.435 e. The van der Waals surface area contributed by atoms with Crippen LogP contribution in [0.3, 0.4) is 0 Å². The average Bonchev–Trinajstić information content (AvgIpc) is 2.79. The van der Waals surface area contributed by atoms with Crippen LogP contribution in [0.1, 0.15) is 25.1 Å². The van der Waals surface area contributed by atoms with Crippen LogP contribution in [-0.2, 0) is 13.6 Å². The Labute approximate surface area is 190 Å². The van der Waals surface area contributed by atoms with E-state index in [1.165, 1.54) is 0 Å². The molecule has 1 aliphatic heterocycles. The van der Waals surface area contributed by atoms with Crippen LogP contribution in [0.2, 0.25) is 0 Å². The van der Waals surface area contributed by atoms with Crippen molar-refractivity contribution in [3.8, 4) is 11.8 Å². The van der Waals surface area contributed by atoms with Crippen LogP contribution >= 0.6 is 0 Å². The van der Waals surface area contributed by atoms with Crippen LogP contribution in [0.4, 0.5) is 14.5 Å². The van der Waals surface area contributed by atoms with Gasteiger partial charge >= 0.3 is 6.61 Å². The van der Waals surface area contributed by atoms with E-state index in [2.05, 4.69) is 39.4 Å². The number of rotatable bonds is 5. The number of piperazine rings is 1. The number of anilines is 1. The minimum Gasteiger partial charge on any atom is -0.435 e. The lowest BCUT2D eigenvalue weighted by atomic mass is 10.0. The standard InChI is InChI=1S/C24H25F2N5O2/c1-15-13-31(21-10-22(32)29(3)20-9-6-18(11-27)28-23(20)21)16(2)12-30(15)14-17-4-7-19(8-5-17)33-24(25)26/h4-10,15-16,24H,12-14H2,1-3H3/t15-,16+/m1/s1. The average molecular weight is 453 g/mol. The monoisotopic (exact) mass is 453 g/mol. The molecule has 0 spiro atoms. The number of pyridine rings is 2. The summed E-state index contributed by atoms with van der Waals surface area (Å²) in [4.78, 5) is 21.6. The molecular formula is C24H25F2N5O2. The highest BCUT2D eigenvalue weighted by Gasteiger charge is 2.31. The maximum atomic E-state index is 12.6. The Morgan fingerprint density at radius 2 is 1.88 bits per heavy atom. The van der Waals surface area contributed by atoms with Crippen molar-refractivity contribution in [2.75, 3.05) is 18.0 Å². The summed E-state index contributed by atoms with van der Waals surface area (Å²) >= 11 is 0. The van der Waals surface area contributed by atoms with E-state index in [1.807, 2.05) is 0 Å². The first-order valence-corrected chi connectivity index (χ1v) is 10.7. The third kappa shape index (κ3) is 4.66. The van der Waals surface area contributed by atoms with Crippen LogP contribution < -0.4 is 15.2 Å². The van der Waals surface area contributed by atoms with Crippen molar-refractivity contribution in [3.05, 3.63) is 64.1 Å². The highest BCUT2D eigenvalue weighted by molar-refractivity contribution is 5.89. The molecule has 0 bridgehead atoms. The molecule has 0 N–H and O–H groups in total. The SMILES string of the molecule is C[C@@H]1CN(c2cc(=O)n(C)c3ccc(C#N)nc23)[C@@H](C)CN1Cc1ccc(OC(F)F)cc1. The van der Waals surface area contributed by atoms with Gasteiger partial charge in [-0.05, 0) is 43.7 Å². The van der Waals surface area contributed by atoms with E-state index < -0.39 is 6.61 Å². The van der Waals surface area contributed by atoms with Crippen molar-refractivity contribution in [2.45, 2.75) is 39.1 Å². The van der Waals surface area contributed by atoms with Gasteiger partial charge in [0.25, 0.3) is 5.56 Å². The maximum absolute atomic E-state index is 12.6. The van der Waals surface area contributed by atoms with Gasteiger partial charge in [0.05, 0.1) is 11.2 Å². The normalized spacial score (nSPS) is 19.1. The lowest BCUT2D eigenvalue weighted by Gasteiger charge is -2.45. The lowest BCUT2D eigenvalue weighted by Crippen LogP contribution is -2.56. The van der Waals surface area contributed by atoms with Gasteiger partial charge in [0.15, 0.2) is 0 Å². The molecular weight excluding hydrogens is 428 g/mol. The molecule has 7 nitrogen and oxygen atoms in total. The molecule has 3 heterocycles.